The van der Waals surface area contributed by atoms with Crippen LogP contribution in [0.4, 0.5) is 0 Å². The molecular weight excluding hydrogens is 247 g/mol. The summed E-state index contributed by atoms with van der Waals surface area (Å²) in [5.74, 6) is -1.04. The van der Waals surface area contributed by atoms with Gasteiger partial charge in [-0.15, -0.1) is 23.2 Å². The smallest absolute Gasteiger partial charge is 0.302 e. The van der Waals surface area contributed by atoms with Gasteiger partial charge in [0.1, 0.15) is 0 Å². The summed E-state index contributed by atoms with van der Waals surface area (Å²) >= 11 is 9.53. The van der Waals surface area contributed by atoms with Gasteiger partial charge in [-0.05, 0) is 6.92 Å². The van der Waals surface area contributed by atoms with Gasteiger partial charge in [0.2, 0.25) is 0 Å². The maximum Gasteiger partial charge on any atom is 0.302 e. The number of hydrogen-bond donors (Lipinski definition) is 2. The first kappa shape index (κ1) is 24.0. The predicted octanol–water partition coefficient (Wildman–Crippen LogP) is 1.69. The summed E-state index contributed by atoms with van der Waals surface area (Å²) < 4.78 is 4.40. The molecule has 0 saturated carbocycles. The van der Waals surface area contributed by atoms with Crippen molar-refractivity contribution in [3.63, 3.8) is 0 Å². The third-order valence-electron chi connectivity index (χ3n) is 0.348. The Balaban J connectivity index is -0.0000000590. The molecule has 0 fully saturated rings. The Labute approximate surface area is 99.9 Å². The number of hydrogen-bond acceptors (Lipinski definition) is 4. The molecule has 0 radical (unpaired) electrons. The van der Waals surface area contributed by atoms with Gasteiger partial charge < -0.3 is 14.9 Å². The number of carbonyl (C=O) groups is 2. The van der Waals surface area contributed by atoms with E-state index in [9.17, 15) is 4.79 Å². The van der Waals surface area contributed by atoms with Gasteiger partial charge in [-0.3, -0.25) is 9.59 Å². The maximum absolute atomic E-state index is 9.82. The Bertz CT molecular complexity index is 126. The van der Waals surface area contributed by atoms with Crippen molar-refractivity contribution in [3.8, 4) is 0 Å². The zero-order valence-corrected chi connectivity index (χ0v) is 10.8. The second-order valence-electron chi connectivity index (χ2n) is 1.54. The lowest BCUT2D eigenvalue weighted by Gasteiger charge is -1.89. The first-order chi connectivity index (χ1) is 6.92. The van der Waals surface area contributed by atoms with E-state index in [1.807, 2.05) is 0 Å². The molecule has 0 aliphatic rings. The SMILES string of the molecule is CC(=O)O.CCOC(C)=O.CO.ClCCl. The summed E-state index contributed by atoms with van der Waals surface area (Å²) in [6, 6.07) is 0. The van der Waals surface area contributed by atoms with Crippen molar-refractivity contribution < 1.29 is 24.5 Å². The minimum atomic E-state index is -0.833. The van der Waals surface area contributed by atoms with Crippen LogP contribution in [-0.4, -0.2) is 41.2 Å². The first-order valence-corrected chi connectivity index (χ1v) is 4.88. The Hall–Kier alpha value is -0.520. The van der Waals surface area contributed by atoms with Gasteiger partial charge in [-0.2, -0.15) is 0 Å². The molecule has 0 rings (SSSR count). The highest BCUT2D eigenvalue weighted by atomic mass is 35.5. The quantitative estimate of drug-likeness (QED) is 0.556. The molecule has 0 saturated heterocycles. The number of carboxylic acid groups (broad SMARTS) is 1. The van der Waals surface area contributed by atoms with Crippen molar-refractivity contribution in [1.29, 1.82) is 0 Å². The fourth-order valence-corrected chi connectivity index (χ4v) is 0.203. The summed E-state index contributed by atoms with van der Waals surface area (Å²) in [6.45, 7) is 4.74. The van der Waals surface area contributed by atoms with E-state index in [0.29, 0.717) is 6.61 Å². The number of carboxylic acids is 1. The molecule has 0 atom stereocenters. The van der Waals surface area contributed by atoms with Crippen molar-refractivity contribution in [2.24, 2.45) is 0 Å². The minimum absolute atomic E-state index is 0.194. The van der Waals surface area contributed by atoms with Gasteiger partial charge in [-0.25, -0.2) is 0 Å². The molecule has 94 valence electrons. The molecule has 0 aliphatic carbocycles. The predicted molar refractivity (Wildman–Crippen MR) is 60.3 cm³/mol. The summed E-state index contributed by atoms with van der Waals surface area (Å²) in [6.07, 6.45) is 0. The number of aliphatic carboxylic acids is 1. The lowest BCUT2D eigenvalue weighted by Crippen LogP contribution is -1.95. The molecule has 15 heavy (non-hydrogen) atoms. The van der Waals surface area contributed by atoms with Crippen LogP contribution in [0.15, 0.2) is 0 Å². The highest BCUT2D eigenvalue weighted by Crippen LogP contribution is 1.73. The van der Waals surface area contributed by atoms with Crippen molar-refractivity contribution in [3.05, 3.63) is 0 Å². The summed E-state index contributed by atoms with van der Waals surface area (Å²) in [4.78, 5) is 18.8. The van der Waals surface area contributed by atoms with E-state index < -0.39 is 5.97 Å². The molecule has 0 aliphatic heterocycles. The fraction of sp³-hybridized carbons (Fsp3) is 0.750. The lowest BCUT2D eigenvalue weighted by atomic mass is 10.8. The van der Waals surface area contributed by atoms with E-state index in [4.69, 9.17) is 38.2 Å². The van der Waals surface area contributed by atoms with Gasteiger partial charge in [0, 0.05) is 21.0 Å². The van der Waals surface area contributed by atoms with Gasteiger partial charge in [-0.1, -0.05) is 0 Å². The van der Waals surface area contributed by atoms with Crippen LogP contribution in [0.1, 0.15) is 20.8 Å². The number of halogens is 2. The Morgan fingerprint density at radius 3 is 1.40 bits per heavy atom. The van der Waals surface area contributed by atoms with Crippen molar-refractivity contribution >= 4 is 35.1 Å². The van der Waals surface area contributed by atoms with Crippen LogP contribution in [0.25, 0.3) is 0 Å². The van der Waals surface area contributed by atoms with Gasteiger partial charge in [0.25, 0.3) is 5.97 Å². The van der Waals surface area contributed by atoms with Crippen LogP contribution >= 0.6 is 23.2 Å². The van der Waals surface area contributed by atoms with Crippen LogP contribution in [0.3, 0.4) is 0 Å². The zero-order valence-electron chi connectivity index (χ0n) is 9.29. The molecule has 0 aromatic rings. The average molecular weight is 265 g/mol. The first-order valence-electron chi connectivity index (χ1n) is 3.81. The average Bonchev–Trinajstić information content (AvgIpc) is 2.07. The van der Waals surface area contributed by atoms with Gasteiger partial charge in [0.05, 0.1) is 11.9 Å². The number of rotatable bonds is 1. The number of ether oxygens (including phenoxy) is 1. The highest BCUT2D eigenvalue weighted by Gasteiger charge is 1.81. The number of esters is 1. The monoisotopic (exact) mass is 264 g/mol. The molecule has 0 bridgehead atoms. The molecule has 0 amide bonds. The molecular formula is C8H18Cl2O5. The summed E-state index contributed by atoms with van der Waals surface area (Å²) in [7, 11) is 1.00. The second-order valence-corrected chi connectivity index (χ2v) is 2.35. The third-order valence-corrected chi connectivity index (χ3v) is 0.348. The van der Waals surface area contributed by atoms with E-state index in [0.717, 1.165) is 14.0 Å². The van der Waals surface area contributed by atoms with Crippen LogP contribution in [0, 0.1) is 0 Å². The molecule has 7 heteroatoms. The molecule has 5 nitrogen and oxygen atoms in total. The van der Waals surface area contributed by atoms with Gasteiger partial charge >= 0.3 is 5.97 Å². The van der Waals surface area contributed by atoms with Crippen molar-refractivity contribution in [2.75, 3.05) is 19.1 Å². The Morgan fingerprint density at radius 1 is 1.20 bits per heavy atom. The molecule has 0 unspecified atom stereocenters. The van der Waals surface area contributed by atoms with Crippen molar-refractivity contribution in [2.45, 2.75) is 20.8 Å². The number of alkyl halides is 2. The van der Waals surface area contributed by atoms with E-state index in [-0.39, 0.29) is 11.3 Å². The van der Waals surface area contributed by atoms with Crippen LogP contribution in [0.5, 0.6) is 0 Å². The molecule has 0 aromatic heterocycles. The lowest BCUT2D eigenvalue weighted by molar-refractivity contribution is -0.140. The summed E-state index contributed by atoms with van der Waals surface area (Å²) in [5.41, 5.74) is 0. The largest absolute Gasteiger partial charge is 0.481 e. The normalized spacial score (nSPS) is 6.33. The maximum atomic E-state index is 9.82. The Morgan fingerprint density at radius 2 is 1.40 bits per heavy atom. The second kappa shape index (κ2) is 29.2. The van der Waals surface area contributed by atoms with Crippen LogP contribution in [0.2, 0.25) is 0 Å². The topological polar surface area (TPSA) is 83.8 Å². The van der Waals surface area contributed by atoms with E-state index in [1.54, 1.807) is 6.92 Å². The third kappa shape index (κ3) is 289. The van der Waals surface area contributed by atoms with Crippen LogP contribution < -0.4 is 0 Å². The number of carbonyl (C=O) groups excluding carboxylic acids is 1. The van der Waals surface area contributed by atoms with Crippen LogP contribution in [-0.2, 0) is 14.3 Å². The molecule has 0 spiro atoms. The van der Waals surface area contributed by atoms with E-state index in [2.05, 4.69) is 4.74 Å². The van der Waals surface area contributed by atoms with E-state index >= 15 is 0 Å². The zero-order chi connectivity index (χ0) is 13.3. The highest BCUT2D eigenvalue weighted by molar-refractivity contribution is 6.40. The molecule has 0 heterocycles. The molecule has 2 N–H and O–H groups in total. The molecule has 0 aromatic carbocycles. The van der Waals surface area contributed by atoms with Crippen molar-refractivity contribution in [1.82, 2.24) is 0 Å². The fourth-order valence-electron chi connectivity index (χ4n) is 0.203. The van der Waals surface area contributed by atoms with E-state index in [1.165, 1.54) is 6.92 Å². The Kier molecular flexibility index (Phi) is 46.6. The summed E-state index contributed by atoms with van der Waals surface area (Å²) in [5, 5.41) is 14.6. The number of aliphatic hydroxyl groups excluding tert-OH is 1. The van der Waals surface area contributed by atoms with Gasteiger partial charge in [0.15, 0.2) is 0 Å². The number of aliphatic hydroxyl groups is 1. The standard InChI is InChI=1S/C4H8O2.C2H4O2.CH2Cl2.CH4O/c1-3-6-4(2)5;1-2(3)4;2-1-3;1-2/h3H2,1-2H3;1H3,(H,3,4);1H2;2H,1H3. The minimum Gasteiger partial charge on any atom is -0.481 e.